The number of benzene rings is 2. The van der Waals surface area contributed by atoms with Crippen LogP contribution in [0.2, 0.25) is 0 Å². The highest BCUT2D eigenvalue weighted by Crippen LogP contribution is 2.42. The highest BCUT2D eigenvalue weighted by atomic mass is 16.7. The molecule has 0 bridgehead atoms. The van der Waals surface area contributed by atoms with Gasteiger partial charge in [0.05, 0.1) is 12.2 Å². The van der Waals surface area contributed by atoms with Crippen molar-refractivity contribution in [2.75, 3.05) is 13.2 Å². The van der Waals surface area contributed by atoms with E-state index in [4.69, 9.17) is 9.47 Å². The maximum Gasteiger partial charge on any atom is 0.229 e. The standard InChI is InChI=1S/C23H24O10/c24-7-3-4-10-8-13(32-23-22(31)21(30)20(29)14(9-25)33-23)19(28)16-15(10)17(26)11-5-1-2-6-12(11)18(16)27/h1-2,5-6,8,14,20-25,28-31H,3-4,7,9H2/t14-,20-,21+,22-,23+/m0/s1. The normalized spacial score (nSPS) is 26.6. The van der Waals surface area contributed by atoms with Crippen LogP contribution in [0.25, 0.3) is 0 Å². The molecule has 10 heteroatoms. The summed E-state index contributed by atoms with van der Waals surface area (Å²) in [5.41, 5.74) is 0.384. The number of fused-ring (bicyclic) bond motifs is 2. The Labute approximate surface area is 188 Å². The van der Waals surface area contributed by atoms with E-state index in [0.29, 0.717) is 5.56 Å². The molecular weight excluding hydrogens is 436 g/mol. The smallest absolute Gasteiger partial charge is 0.229 e. The lowest BCUT2D eigenvalue weighted by molar-refractivity contribution is -0.277. The number of ether oxygens (including phenoxy) is 2. The van der Waals surface area contributed by atoms with E-state index in [0.717, 1.165) is 0 Å². The summed E-state index contributed by atoms with van der Waals surface area (Å²) in [5, 5.41) is 59.8. The van der Waals surface area contributed by atoms with Gasteiger partial charge in [0, 0.05) is 23.3 Å². The maximum atomic E-state index is 13.2. The van der Waals surface area contributed by atoms with Crippen LogP contribution in [0.15, 0.2) is 30.3 Å². The fourth-order valence-electron chi connectivity index (χ4n) is 4.18. The number of hydrogen-bond donors (Lipinski definition) is 6. The number of carbonyl (C=O) groups is 2. The van der Waals surface area contributed by atoms with Crippen molar-refractivity contribution in [2.45, 2.75) is 43.5 Å². The summed E-state index contributed by atoms with van der Waals surface area (Å²) in [6.07, 6.45) is -7.43. The molecule has 1 aliphatic carbocycles. The van der Waals surface area contributed by atoms with Crippen molar-refractivity contribution in [3.05, 3.63) is 58.1 Å². The third-order valence-corrected chi connectivity index (χ3v) is 5.91. The third-order valence-electron chi connectivity index (χ3n) is 5.91. The van der Waals surface area contributed by atoms with Gasteiger partial charge in [-0.1, -0.05) is 24.3 Å². The van der Waals surface area contributed by atoms with Crippen LogP contribution in [0.1, 0.15) is 43.8 Å². The van der Waals surface area contributed by atoms with Crippen LogP contribution in [0.3, 0.4) is 0 Å². The SMILES string of the molecule is O=C1c2ccccc2C(=O)c2c(O)c(O[C@@H]3O[C@@H](CO)[C@H](O)[C@@H](O)[C@@H]3O)cc(CCCO)c21. The second-order valence-corrected chi connectivity index (χ2v) is 7.98. The fraction of sp³-hybridized carbons (Fsp3) is 0.391. The number of rotatable bonds is 6. The van der Waals surface area contributed by atoms with Gasteiger partial charge in [0.25, 0.3) is 0 Å². The first-order valence-corrected chi connectivity index (χ1v) is 10.4. The van der Waals surface area contributed by atoms with Crippen molar-refractivity contribution in [3.63, 3.8) is 0 Å². The van der Waals surface area contributed by atoms with E-state index in [9.17, 15) is 40.2 Å². The molecule has 0 unspecified atom stereocenters. The zero-order valence-corrected chi connectivity index (χ0v) is 17.4. The van der Waals surface area contributed by atoms with Gasteiger partial charge in [0.15, 0.2) is 23.1 Å². The largest absolute Gasteiger partial charge is 0.504 e. The molecule has 4 rings (SSSR count). The number of hydrogen-bond acceptors (Lipinski definition) is 10. The van der Waals surface area contributed by atoms with Crippen molar-refractivity contribution in [1.82, 2.24) is 0 Å². The lowest BCUT2D eigenvalue weighted by Crippen LogP contribution is -2.60. The number of aliphatic hydroxyl groups excluding tert-OH is 5. The minimum Gasteiger partial charge on any atom is -0.504 e. The van der Waals surface area contributed by atoms with Crippen LogP contribution in [0, 0.1) is 0 Å². The number of ketones is 2. The van der Waals surface area contributed by atoms with Gasteiger partial charge in [-0.15, -0.1) is 0 Å². The molecule has 1 saturated heterocycles. The summed E-state index contributed by atoms with van der Waals surface area (Å²) < 4.78 is 10.9. The summed E-state index contributed by atoms with van der Waals surface area (Å²) >= 11 is 0. The van der Waals surface area contributed by atoms with E-state index >= 15 is 0 Å². The molecule has 0 amide bonds. The number of phenols is 1. The average molecular weight is 460 g/mol. The molecule has 33 heavy (non-hydrogen) atoms. The number of carbonyl (C=O) groups excluding carboxylic acids is 2. The van der Waals surface area contributed by atoms with Gasteiger partial charge in [-0.2, -0.15) is 0 Å². The topological polar surface area (TPSA) is 174 Å². The van der Waals surface area contributed by atoms with Crippen LogP contribution in [-0.2, 0) is 11.2 Å². The molecule has 10 nitrogen and oxygen atoms in total. The lowest BCUT2D eigenvalue weighted by Gasteiger charge is -2.39. The second kappa shape index (κ2) is 9.18. The van der Waals surface area contributed by atoms with E-state index < -0.39 is 54.6 Å². The Morgan fingerprint density at radius 1 is 0.909 bits per heavy atom. The van der Waals surface area contributed by atoms with Crippen molar-refractivity contribution in [3.8, 4) is 11.5 Å². The number of aryl methyl sites for hydroxylation is 1. The van der Waals surface area contributed by atoms with E-state index in [1.807, 2.05) is 0 Å². The van der Waals surface area contributed by atoms with Gasteiger partial charge in [0.2, 0.25) is 6.29 Å². The molecule has 5 atom stereocenters. The molecule has 6 N–H and O–H groups in total. The van der Waals surface area contributed by atoms with E-state index in [1.165, 1.54) is 18.2 Å². The van der Waals surface area contributed by atoms with Crippen LogP contribution in [0.4, 0.5) is 0 Å². The molecule has 1 aliphatic heterocycles. The zero-order chi connectivity index (χ0) is 23.9. The first-order chi connectivity index (χ1) is 15.8. The van der Waals surface area contributed by atoms with E-state index in [2.05, 4.69) is 0 Å². The third kappa shape index (κ3) is 3.90. The molecule has 176 valence electrons. The van der Waals surface area contributed by atoms with Gasteiger partial charge < -0.3 is 40.1 Å². The molecule has 0 saturated carbocycles. The van der Waals surface area contributed by atoms with E-state index in [-0.39, 0.29) is 47.5 Å². The summed E-state index contributed by atoms with van der Waals surface area (Å²) in [6.45, 7) is -0.857. The Morgan fingerprint density at radius 2 is 1.55 bits per heavy atom. The van der Waals surface area contributed by atoms with Crippen molar-refractivity contribution >= 4 is 11.6 Å². The minimum atomic E-state index is -1.74. The first kappa shape index (κ1) is 23.3. The van der Waals surface area contributed by atoms with Crippen LogP contribution in [-0.4, -0.2) is 86.1 Å². The summed E-state index contributed by atoms with van der Waals surface area (Å²) in [7, 11) is 0. The van der Waals surface area contributed by atoms with Gasteiger partial charge in [-0.25, -0.2) is 0 Å². The number of aromatic hydroxyl groups is 1. The average Bonchev–Trinajstić information content (AvgIpc) is 2.82. The fourth-order valence-corrected chi connectivity index (χ4v) is 4.18. The minimum absolute atomic E-state index is 0.00537. The molecule has 1 fully saturated rings. The molecule has 0 radical (unpaired) electrons. The molecule has 2 aliphatic rings. The first-order valence-electron chi connectivity index (χ1n) is 10.4. The molecular formula is C23H24O10. The van der Waals surface area contributed by atoms with Gasteiger partial charge in [-0.05, 0) is 24.5 Å². The van der Waals surface area contributed by atoms with Crippen LogP contribution < -0.4 is 4.74 Å². The summed E-state index contributed by atoms with van der Waals surface area (Å²) in [6, 6.07) is 7.51. The van der Waals surface area contributed by atoms with E-state index in [1.54, 1.807) is 12.1 Å². The van der Waals surface area contributed by atoms with Gasteiger partial charge >= 0.3 is 0 Å². The quantitative estimate of drug-likeness (QED) is 0.275. The Kier molecular flexibility index (Phi) is 6.48. The predicted molar refractivity (Wildman–Crippen MR) is 111 cm³/mol. The highest BCUT2D eigenvalue weighted by Gasteiger charge is 2.45. The van der Waals surface area contributed by atoms with Crippen molar-refractivity contribution in [2.24, 2.45) is 0 Å². The Hall–Kier alpha value is -2.86. The van der Waals surface area contributed by atoms with Gasteiger partial charge in [0.1, 0.15) is 24.4 Å². The number of aliphatic hydroxyl groups is 5. The van der Waals surface area contributed by atoms with Crippen molar-refractivity contribution < 1.29 is 49.7 Å². The maximum absolute atomic E-state index is 13.2. The van der Waals surface area contributed by atoms with Crippen LogP contribution in [0.5, 0.6) is 11.5 Å². The molecule has 2 aromatic rings. The van der Waals surface area contributed by atoms with Crippen molar-refractivity contribution in [1.29, 1.82) is 0 Å². The van der Waals surface area contributed by atoms with Gasteiger partial charge in [-0.3, -0.25) is 9.59 Å². The highest BCUT2D eigenvalue weighted by molar-refractivity contribution is 6.30. The number of phenolic OH excluding ortho intramolecular Hbond substituents is 1. The Morgan fingerprint density at radius 3 is 2.15 bits per heavy atom. The Balaban J connectivity index is 1.79. The monoisotopic (exact) mass is 460 g/mol. The molecule has 1 heterocycles. The summed E-state index contributed by atoms with van der Waals surface area (Å²) in [5.74, 6) is -2.00. The van der Waals surface area contributed by atoms with Crippen LogP contribution >= 0.6 is 0 Å². The second-order valence-electron chi connectivity index (χ2n) is 7.98. The summed E-state index contributed by atoms with van der Waals surface area (Å²) in [4.78, 5) is 26.4. The Bertz CT molecular complexity index is 1080. The molecule has 0 spiro atoms. The molecule has 0 aromatic heterocycles. The molecule has 2 aromatic carbocycles. The lowest BCUT2D eigenvalue weighted by atomic mass is 9.80. The predicted octanol–water partition coefficient (Wildman–Crippen LogP) is -0.729. The zero-order valence-electron chi connectivity index (χ0n) is 17.4.